The highest BCUT2D eigenvalue weighted by Gasteiger charge is 2.23. The highest BCUT2D eigenvalue weighted by Crippen LogP contribution is 2.18. The van der Waals surface area contributed by atoms with Crippen LogP contribution in [-0.4, -0.2) is 28.5 Å². The van der Waals surface area contributed by atoms with E-state index in [4.69, 9.17) is 4.74 Å². The molecule has 15 heavy (non-hydrogen) atoms. The zero-order valence-electron chi connectivity index (χ0n) is 8.56. The second kappa shape index (κ2) is 4.25. The van der Waals surface area contributed by atoms with Gasteiger partial charge in [0.1, 0.15) is 6.33 Å². The maximum Gasteiger partial charge on any atom is 0.258 e. The molecule has 1 heterocycles. The van der Waals surface area contributed by atoms with Crippen LogP contribution in [0.25, 0.3) is 0 Å². The third-order valence-electron chi connectivity index (χ3n) is 2.07. The summed E-state index contributed by atoms with van der Waals surface area (Å²) in [5, 5.41) is 2.83. The van der Waals surface area contributed by atoms with Crippen molar-refractivity contribution in [2.45, 2.75) is 25.8 Å². The van der Waals surface area contributed by atoms with Gasteiger partial charge in [-0.05, 0) is 19.8 Å². The van der Waals surface area contributed by atoms with E-state index in [0.717, 1.165) is 18.5 Å². The Morgan fingerprint density at radius 3 is 3.07 bits per heavy atom. The first-order valence-electron chi connectivity index (χ1n) is 4.95. The number of aromatic nitrogens is 2. The molecule has 5 nitrogen and oxygen atoms in total. The minimum atomic E-state index is -0.0891. The zero-order chi connectivity index (χ0) is 10.7. The molecule has 0 spiro atoms. The van der Waals surface area contributed by atoms with Gasteiger partial charge in [0, 0.05) is 17.8 Å². The Bertz CT molecular complexity index is 363. The molecule has 0 radical (unpaired) electrons. The number of ether oxygens (including phenoxy) is 1. The van der Waals surface area contributed by atoms with Crippen molar-refractivity contribution in [3.63, 3.8) is 0 Å². The van der Waals surface area contributed by atoms with Crippen LogP contribution in [0.15, 0.2) is 12.4 Å². The quantitative estimate of drug-likeness (QED) is 0.778. The molecule has 1 saturated carbocycles. The van der Waals surface area contributed by atoms with Crippen molar-refractivity contribution in [1.82, 2.24) is 15.3 Å². The molecule has 80 valence electrons. The van der Waals surface area contributed by atoms with Crippen LogP contribution in [0.1, 0.15) is 18.5 Å². The number of nitrogens with zero attached hydrogens (tertiary/aromatic N) is 2. The van der Waals surface area contributed by atoms with E-state index in [-0.39, 0.29) is 12.5 Å². The van der Waals surface area contributed by atoms with Gasteiger partial charge in [-0.3, -0.25) is 4.79 Å². The summed E-state index contributed by atoms with van der Waals surface area (Å²) < 4.78 is 5.21. The van der Waals surface area contributed by atoms with Crippen molar-refractivity contribution in [1.29, 1.82) is 0 Å². The van der Waals surface area contributed by atoms with Crippen LogP contribution in [0.3, 0.4) is 0 Å². The molecule has 1 fully saturated rings. The zero-order valence-corrected chi connectivity index (χ0v) is 8.56. The second-order valence-electron chi connectivity index (χ2n) is 3.63. The summed E-state index contributed by atoms with van der Waals surface area (Å²) in [7, 11) is 0. The average molecular weight is 207 g/mol. The van der Waals surface area contributed by atoms with Crippen LogP contribution in [0.5, 0.6) is 5.88 Å². The van der Waals surface area contributed by atoms with Gasteiger partial charge in [0.2, 0.25) is 5.88 Å². The molecule has 0 atom stereocenters. The summed E-state index contributed by atoms with van der Waals surface area (Å²) in [4.78, 5) is 19.1. The summed E-state index contributed by atoms with van der Waals surface area (Å²) in [6.45, 7) is 1.87. The largest absolute Gasteiger partial charge is 0.467 e. The van der Waals surface area contributed by atoms with Crippen LogP contribution in [-0.2, 0) is 4.79 Å². The minimum Gasteiger partial charge on any atom is -0.467 e. The molecular weight excluding hydrogens is 194 g/mol. The van der Waals surface area contributed by atoms with Gasteiger partial charge >= 0.3 is 0 Å². The van der Waals surface area contributed by atoms with Gasteiger partial charge in [-0.25, -0.2) is 9.97 Å². The normalized spacial score (nSPS) is 14.7. The minimum absolute atomic E-state index is 0.0208. The van der Waals surface area contributed by atoms with E-state index in [2.05, 4.69) is 15.3 Å². The number of amides is 1. The molecule has 0 unspecified atom stereocenters. The highest BCUT2D eigenvalue weighted by atomic mass is 16.5. The van der Waals surface area contributed by atoms with Gasteiger partial charge in [-0.15, -0.1) is 0 Å². The molecule has 1 aromatic rings. The number of hydrogen-bond acceptors (Lipinski definition) is 4. The standard InChI is InChI=1S/C10H13N3O2/c1-7-4-10(12-6-11-7)15-5-9(14)13-8-2-3-8/h4,6,8H,2-3,5H2,1H3,(H,13,14). The molecule has 1 aromatic heterocycles. The molecule has 1 N–H and O–H groups in total. The lowest BCUT2D eigenvalue weighted by molar-refractivity contribution is -0.123. The fraction of sp³-hybridized carbons (Fsp3) is 0.500. The van der Waals surface area contributed by atoms with Crippen LogP contribution >= 0.6 is 0 Å². The van der Waals surface area contributed by atoms with E-state index in [1.54, 1.807) is 6.07 Å². The first-order valence-corrected chi connectivity index (χ1v) is 4.95. The van der Waals surface area contributed by atoms with Crippen molar-refractivity contribution in [3.8, 4) is 5.88 Å². The van der Waals surface area contributed by atoms with Gasteiger partial charge in [-0.2, -0.15) is 0 Å². The van der Waals surface area contributed by atoms with E-state index in [1.807, 2.05) is 6.92 Å². The van der Waals surface area contributed by atoms with Gasteiger partial charge < -0.3 is 10.1 Å². The summed E-state index contributed by atoms with van der Waals surface area (Å²) >= 11 is 0. The lowest BCUT2D eigenvalue weighted by atomic mass is 10.4. The molecule has 1 amide bonds. The van der Waals surface area contributed by atoms with Crippen LogP contribution in [0.4, 0.5) is 0 Å². The molecule has 0 bridgehead atoms. The predicted octanol–water partition coefficient (Wildman–Crippen LogP) is 0.442. The van der Waals surface area contributed by atoms with Crippen molar-refractivity contribution in [3.05, 3.63) is 18.1 Å². The fourth-order valence-corrected chi connectivity index (χ4v) is 1.15. The number of aryl methyl sites for hydroxylation is 1. The topological polar surface area (TPSA) is 64.1 Å². The summed E-state index contributed by atoms with van der Waals surface area (Å²) in [6, 6.07) is 2.07. The smallest absolute Gasteiger partial charge is 0.258 e. The number of nitrogens with one attached hydrogen (secondary N) is 1. The third kappa shape index (κ3) is 3.19. The van der Waals surface area contributed by atoms with Crippen LogP contribution in [0, 0.1) is 6.92 Å². The Morgan fingerprint density at radius 2 is 2.40 bits per heavy atom. The predicted molar refractivity (Wildman–Crippen MR) is 53.4 cm³/mol. The molecule has 0 aromatic carbocycles. The van der Waals surface area contributed by atoms with Crippen molar-refractivity contribution in [2.75, 3.05) is 6.61 Å². The molecule has 5 heteroatoms. The number of carbonyl (C=O) groups is 1. The Balaban J connectivity index is 1.78. The number of hydrogen-bond donors (Lipinski definition) is 1. The Hall–Kier alpha value is -1.65. The molecule has 1 aliphatic carbocycles. The average Bonchev–Trinajstić information content (AvgIpc) is 2.99. The van der Waals surface area contributed by atoms with Crippen LogP contribution < -0.4 is 10.1 Å². The van der Waals surface area contributed by atoms with E-state index in [1.165, 1.54) is 6.33 Å². The van der Waals surface area contributed by atoms with Crippen molar-refractivity contribution >= 4 is 5.91 Å². The maximum absolute atomic E-state index is 11.3. The lowest BCUT2D eigenvalue weighted by Gasteiger charge is -2.05. The first-order chi connectivity index (χ1) is 7.24. The first kappa shape index (κ1) is 9.89. The van der Waals surface area contributed by atoms with E-state index in [9.17, 15) is 4.79 Å². The fourth-order valence-electron chi connectivity index (χ4n) is 1.15. The summed E-state index contributed by atoms with van der Waals surface area (Å²) in [5.74, 6) is 0.349. The van der Waals surface area contributed by atoms with Gasteiger partial charge in [0.15, 0.2) is 6.61 Å². The monoisotopic (exact) mass is 207 g/mol. The number of rotatable bonds is 4. The van der Waals surface area contributed by atoms with Gasteiger partial charge in [0.25, 0.3) is 5.91 Å². The molecule has 2 rings (SSSR count). The van der Waals surface area contributed by atoms with E-state index < -0.39 is 0 Å². The van der Waals surface area contributed by atoms with Crippen molar-refractivity contribution < 1.29 is 9.53 Å². The molecule has 1 aliphatic rings. The SMILES string of the molecule is Cc1cc(OCC(=O)NC2CC2)ncn1. The van der Waals surface area contributed by atoms with Gasteiger partial charge in [-0.1, -0.05) is 0 Å². The van der Waals surface area contributed by atoms with Crippen LogP contribution in [0.2, 0.25) is 0 Å². The Morgan fingerprint density at radius 1 is 1.60 bits per heavy atom. The molecule has 0 saturated heterocycles. The van der Waals surface area contributed by atoms with Gasteiger partial charge in [0.05, 0.1) is 0 Å². The highest BCUT2D eigenvalue weighted by molar-refractivity contribution is 5.78. The van der Waals surface area contributed by atoms with E-state index >= 15 is 0 Å². The summed E-state index contributed by atoms with van der Waals surface area (Å²) in [6.07, 6.45) is 3.58. The van der Waals surface area contributed by atoms with Crippen molar-refractivity contribution in [2.24, 2.45) is 0 Å². The van der Waals surface area contributed by atoms with E-state index in [0.29, 0.717) is 11.9 Å². The number of carbonyl (C=O) groups excluding carboxylic acids is 1. The lowest BCUT2D eigenvalue weighted by Crippen LogP contribution is -2.30. The second-order valence-corrected chi connectivity index (χ2v) is 3.63. The third-order valence-corrected chi connectivity index (χ3v) is 2.07. The Labute approximate surface area is 87.9 Å². The Kier molecular flexibility index (Phi) is 2.80. The maximum atomic E-state index is 11.3. The molecule has 0 aliphatic heterocycles. The summed E-state index contributed by atoms with van der Waals surface area (Å²) in [5.41, 5.74) is 0.822. The molecular formula is C10H13N3O2.